The van der Waals surface area contributed by atoms with Crippen molar-refractivity contribution in [3.8, 4) is 0 Å². The SMILES string of the molecule is CCS(=O)(=O)CCNc1c(N)cnc2ccccc12. The third-order valence-corrected chi connectivity index (χ3v) is 4.67. The van der Waals surface area contributed by atoms with Crippen molar-refractivity contribution in [1.82, 2.24) is 4.98 Å². The predicted molar refractivity (Wildman–Crippen MR) is 79.0 cm³/mol. The van der Waals surface area contributed by atoms with E-state index in [1.165, 1.54) is 0 Å². The van der Waals surface area contributed by atoms with Gasteiger partial charge in [-0.3, -0.25) is 4.98 Å². The Labute approximate surface area is 112 Å². The molecule has 0 unspecified atom stereocenters. The topological polar surface area (TPSA) is 85.1 Å². The Morgan fingerprint density at radius 2 is 2.05 bits per heavy atom. The molecule has 5 nitrogen and oxygen atoms in total. The van der Waals surface area contributed by atoms with Crippen molar-refractivity contribution in [2.75, 3.05) is 29.1 Å². The van der Waals surface area contributed by atoms with Crippen molar-refractivity contribution in [3.63, 3.8) is 0 Å². The van der Waals surface area contributed by atoms with Gasteiger partial charge >= 0.3 is 0 Å². The first kappa shape index (κ1) is 13.6. The average Bonchev–Trinajstić information content (AvgIpc) is 2.41. The molecule has 2 rings (SSSR count). The Hall–Kier alpha value is -1.82. The summed E-state index contributed by atoms with van der Waals surface area (Å²) in [4.78, 5) is 4.23. The number of hydrogen-bond acceptors (Lipinski definition) is 5. The highest BCUT2D eigenvalue weighted by Gasteiger charge is 2.09. The second-order valence-electron chi connectivity index (χ2n) is 4.27. The average molecular weight is 279 g/mol. The molecule has 0 saturated carbocycles. The molecule has 3 N–H and O–H groups in total. The zero-order valence-electron chi connectivity index (χ0n) is 10.8. The van der Waals surface area contributed by atoms with E-state index < -0.39 is 9.84 Å². The molecule has 0 aliphatic heterocycles. The maximum Gasteiger partial charge on any atom is 0.151 e. The van der Waals surface area contributed by atoms with Crippen LogP contribution in [0.25, 0.3) is 10.9 Å². The zero-order chi connectivity index (χ0) is 13.9. The van der Waals surface area contributed by atoms with Crippen molar-refractivity contribution in [2.24, 2.45) is 0 Å². The Bertz CT molecular complexity index is 683. The molecule has 19 heavy (non-hydrogen) atoms. The fourth-order valence-corrected chi connectivity index (χ4v) is 2.53. The number of nitrogens with zero attached hydrogens (tertiary/aromatic N) is 1. The van der Waals surface area contributed by atoms with Gasteiger partial charge in [0, 0.05) is 17.7 Å². The number of benzene rings is 1. The van der Waals surface area contributed by atoms with Crippen LogP contribution in [0.4, 0.5) is 11.4 Å². The van der Waals surface area contributed by atoms with E-state index in [2.05, 4.69) is 10.3 Å². The summed E-state index contributed by atoms with van der Waals surface area (Å²) < 4.78 is 22.9. The smallest absolute Gasteiger partial charge is 0.151 e. The normalized spacial score (nSPS) is 11.6. The highest BCUT2D eigenvalue weighted by atomic mass is 32.2. The lowest BCUT2D eigenvalue weighted by Gasteiger charge is -2.12. The standard InChI is InChI=1S/C13H17N3O2S/c1-2-19(17,18)8-7-15-13-10-5-3-4-6-12(10)16-9-11(13)14/h3-6,9H,2,7-8,14H2,1H3,(H,15,16). The molecule has 2 aromatic rings. The van der Waals surface area contributed by atoms with E-state index >= 15 is 0 Å². The Kier molecular flexibility index (Phi) is 3.90. The third-order valence-electron chi connectivity index (χ3n) is 2.96. The minimum Gasteiger partial charge on any atom is -0.396 e. The van der Waals surface area contributed by atoms with Crippen LogP contribution in [0.1, 0.15) is 6.92 Å². The maximum absolute atomic E-state index is 11.5. The number of aromatic nitrogens is 1. The summed E-state index contributed by atoms with van der Waals surface area (Å²) in [6.07, 6.45) is 1.58. The van der Waals surface area contributed by atoms with Gasteiger partial charge in [0.05, 0.1) is 28.8 Å². The second-order valence-corrected chi connectivity index (χ2v) is 6.74. The van der Waals surface area contributed by atoms with Crippen LogP contribution in [0.15, 0.2) is 30.5 Å². The number of hydrogen-bond donors (Lipinski definition) is 2. The Balaban J connectivity index is 2.23. The molecule has 0 aliphatic carbocycles. The van der Waals surface area contributed by atoms with Crippen LogP contribution in [-0.2, 0) is 9.84 Å². The van der Waals surface area contributed by atoms with E-state index in [9.17, 15) is 8.42 Å². The van der Waals surface area contributed by atoms with E-state index in [0.29, 0.717) is 12.2 Å². The monoisotopic (exact) mass is 279 g/mol. The maximum atomic E-state index is 11.5. The van der Waals surface area contributed by atoms with Gasteiger partial charge in [0.15, 0.2) is 9.84 Å². The first-order chi connectivity index (χ1) is 9.03. The van der Waals surface area contributed by atoms with Crippen molar-refractivity contribution >= 4 is 32.1 Å². The highest BCUT2D eigenvalue weighted by molar-refractivity contribution is 7.91. The molecule has 1 heterocycles. The number of anilines is 2. The van der Waals surface area contributed by atoms with Crippen LogP contribution in [0.5, 0.6) is 0 Å². The number of sulfone groups is 1. The molecule has 102 valence electrons. The molecule has 1 aromatic heterocycles. The molecule has 6 heteroatoms. The summed E-state index contributed by atoms with van der Waals surface area (Å²) in [6.45, 7) is 1.99. The summed E-state index contributed by atoms with van der Waals surface area (Å²) in [6, 6.07) is 7.60. The molecule has 0 amide bonds. The van der Waals surface area contributed by atoms with Crippen LogP contribution in [0.2, 0.25) is 0 Å². The zero-order valence-corrected chi connectivity index (χ0v) is 11.6. The molecule has 0 spiro atoms. The van der Waals surface area contributed by atoms with Gasteiger partial charge in [-0.05, 0) is 6.07 Å². The van der Waals surface area contributed by atoms with Gasteiger partial charge in [-0.15, -0.1) is 0 Å². The van der Waals surface area contributed by atoms with Crippen LogP contribution in [0.3, 0.4) is 0 Å². The van der Waals surface area contributed by atoms with E-state index in [1.54, 1.807) is 13.1 Å². The number of rotatable bonds is 5. The van der Waals surface area contributed by atoms with Gasteiger partial charge in [-0.1, -0.05) is 25.1 Å². The molecule has 1 aromatic carbocycles. The van der Waals surface area contributed by atoms with Crippen LogP contribution >= 0.6 is 0 Å². The number of nitrogen functional groups attached to an aromatic ring is 1. The van der Waals surface area contributed by atoms with E-state index in [0.717, 1.165) is 16.6 Å². The molecule has 0 radical (unpaired) electrons. The Morgan fingerprint density at radius 1 is 1.32 bits per heavy atom. The lowest BCUT2D eigenvalue weighted by Crippen LogP contribution is -2.17. The fraction of sp³-hybridized carbons (Fsp3) is 0.308. The number of nitrogens with one attached hydrogen (secondary N) is 1. The van der Waals surface area contributed by atoms with Crippen LogP contribution in [-0.4, -0.2) is 31.5 Å². The molecule has 0 aliphatic rings. The largest absolute Gasteiger partial charge is 0.396 e. The summed E-state index contributed by atoms with van der Waals surface area (Å²) in [5, 5.41) is 4.00. The van der Waals surface area contributed by atoms with Crippen molar-refractivity contribution in [1.29, 1.82) is 0 Å². The molecule has 0 bridgehead atoms. The van der Waals surface area contributed by atoms with E-state index in [1.807, 2.05) is 24.3 Å². The second kappa shape index (κ2) is 5.44. The molecule has 0 fully saturated rings. The number of para-hydroxylation sites is 1. The molecule has 0 saturated heterocycles. The lowest BCUT2D eigenvalue weighted by atomic mass is 10.1. The van der Waals surface area contributed by atoms with Gasteiger partial charge in [0.25, 0.3) is 0 Å². The van der Waals surface area contributed by atoms with Crippen molar-refractivity contribution in [3.05, 3.63) is 30.5 Å². The van der Waals surface area contributed by atoms with Crippen LogP contribution in [0, 0.1) is 0 Å². The quantitative estimate of drug-likeness (QED) is 0.869. The Morgan fingerprint density at radius 3 is 2.79 bits per heavy atom. The summed E-state index contributed by atoms with van der Waals surface area (Å²) in [5.41, 5.74) is 7.99. The first-order valence-electron chi connectivity index (χ1n) is 6.11. The number of nitrogens with two attached hydrogens (primary N) is 1. The summed E-state index contributed by atoms with van der Waals surface area (Å²) >= 11 is 0. The predicted octanol–water partition coefficient (Wildman–Crippen LogP) is 1.66. The van der Waals surface area contributed by atoms with Crippen LogP contribution < -0.4 is 11.1 Å². The van der Waals surface area contributed by atoms with Crippen molar-refractivity contribution < 1.29 is 8.42 Å². The fourth-order valence-electron chi connectivity index (χ4n) is 1.83. The minimum absolute atomic E-state index is 0.0968. The number of fused-ring (bicyclic) bond motifs is 1. The molecular weight excluding hydrogens is 262 g/mol. The summed E-state index contributed by atoms with van der Waals surface area (Å²) in [5.74, 6) is 0.251. The third kappa shape index (κ3) is 3.14. The molecular formula is C13H17N3O2S. The van der Waals surface area contributed by atoms with Gasteiger partial charge in [-0.2, -0.15) is 0 Å². The van der Waals surface area contributed by atoms with Gasteiger partial charge < -0.3 is 11.1 Å². The lowest BCUT2D eigenvalue weighted by molar-refractivity contribution is 0.597. The van der Waals surface area contributed by atoms with E-state index in [-0.39, 0.29) is 11.5 Å². The van der Waals surface area contributed by atoms with Crippen molar-refractivity contribution in [2.45, 2.75) is 6.92 Å². The number of pyridine rings is 1. The highest BCUT2D eigenvalue weighted by Crippen LogP contribution is 2.27. The van der Waals surface area contributed by atoms with Gasteiger partial charge in [-0.25, -0.2) is 8.42 Å². The van der Waals surface area contributed by atoms with Gasteiger partial charge in [0.2, 0.25) is 0 Å². The van der Waals surface area contributed by atoms with Gasteiger partial charge in [0.1, 0.15) is 0 Å². The minimum atomic E-state index is -2.97. The molecule has 0 atom stereocenters. The van der Waals surface area contributed by atoms with E-state index in [4.69, 9.17) is 5.73 Å². The summed E-state index contributed by atoms with van der Waals surface area (Å²) in [7, 11) is -2.97. The first-order valence-corrected chi connectivity index (χ1v) is 7.93.